The summed E-state index contributed by atoms with van der Waals surface area (Å²) in [6, 6.07) is 29.6. The quantitative estimate of drug-likeness (QED) is 0.170. The number of anilines is 2. The van der Waals surface area contributed by atoms with Crippen LogP contribution in [0, 0.1) is 0 Å². The van der Waals surface area contributed by atoms with Gasteiger partial charge in [0.2, 0.25) is 0 Å². The molecule has 1 fully saturated rings. The number of ketones is 2. The van der Waals surface area contributed by atoms with Gasteiger partial charge in [-0.3, -0.25) is 9.59 Å². The topological polar surface area (TPSA) is 114 Å². The highest BCUT2D eigenvalue weighted by atomic mass is 19.1. The van der Waals surface area contributed by atoms with E-state index in [1.54, 1.807) is 48.5 Å². The van der Waals surface area contributed by atoms with E-state index in [2.05, 4.69) is 15.6 Å². The number of halogens is 1. The lowest BCUT2D eigenvalue weighted by atomic mass is 9.98. The molecule has 0 radical (unpaired) electrons. The van der Waals surface area contributed by atoms with Gasteiger partial charge in [-0.1, -0.05) is 54.6 Å². The Kier molecular flexibility index (Phi) is 8.26. The number of aromatic nitrogens is 1. The first-order valence-electron chi connectivity index (χ1n) is 14.1. The third-order valence-electron chi connectivity index (χ3n) is 7.44. The Morgan fingerprint density at radius 2 is 1.70 bits per heavy atom. The number of nitrogens with one attached hydrogen (secondary N) is 2. The van der Waals surface area contributed by atoms with E-state index in [0.29, 0.717) is 28.5 Å². The molecular formula is C34H30FN3O5. The smallest absolute Gasteiger partial charge is 0.300 e. The van der Waals surface area contributed by atoms with Crippen LogP contribution >= 0.6 is 0 Å². The highest BCUT2D eigenvalue weighted by Gasteiger charge is 2.36. The number of Topliss-reactive ketones (excluding diaryl/α,β-unsaturated/α-hetero) is 2. The van der Waals surface area contributed by atoms with Crippen molar-refractivity contribution in [1.29, 1.82) is 0 Å². The summed E-state index contributed by atoms with van der Waals surface area (Å²) in [7, 11) is 0. The van der Waals surface area contributed by atoms with Crippen LogP contribution in [0.5, 0.6) is 5.75 Å². The van der Waals surface area contributed by atoms with Crippen LogP contribution in [0.2, 0.25) is 0 Å². The van der Waals surface area contributed by atoms with Crippen molar-refractivity contribution < 1.29 is 28.2 Å². The lowest BCUT2D eigenvalue weighted by Crippen LogP contribution is -2.45. The van der Waals surface area contributed by atoms with Gasteiger partial charge in [0.15, 0.2) is 23.3 Å². The van der Waals surface area contributed by atoms with Gasteiger partial charge < -0.3 is 24.9 Å². The van der Waals surface area contributed by atoms with Crippen LogP contribution < -0.4 is 15.4 Å². The highest BCUT2D eigenvalue weighted by Crippen LogP contribution is 2.25. The minimum atomic E-state index is -1.29. The van der Waals surface area contributed by atoms with E-state index in [4.69, 9.17) is 9.15 Å². The maximum atomic E-state index is 14.1. The maximum absolute atomic E-state index is 14.1. The second-order valence-corrected chi connectivity index (χ2v) is 10.5. The number of nitrogens with zero attached hydrogens (tertiary/aromatic N) is 1. The van der Waals surface area contributed by atoms with E-state index in [1.165, 1.54) is 0 Å². The van der Waals surface area contributed by atoms with Crippen molar-refractivity contribution in [1.82, 2.24) is 10.3 Å². The normalized spacial score (nSPS) is 17.8. The summed E-state index contributed by atoms with van der Waals surface area (Å²) in [4.78, 5) is 30.7. The minimum Gasteiger partial charge on any atom is -0.481 e. The molecule has 1 saturated heterocycles. The van der Waals surface area contributed by atoms with E-state index in [1.807, 2.05) is 54.6 Å². The number of para-hydroxylation sites is 2. The van der Waals surface area contributed by atoms with Crippen molar-refractivity contribution in [2.24, 2.45) is 0 Å². The summed E-state index contributed by atoms with van der Waals surface area (Å²) in [6.45, 7) is 0.152. The Bertz CT molecular complexity index is 1670. The van der Waals surface area contributed by atoms with Crippen molar-refractivity contribution in [3.63, 3.8) is 0 Å². The van der Waals surface area contributed by atoms with Gasteiger partial charge in [0.1, 0.15) is 23.5 Å². The minimum absolute atomic E-state index is 0.0861. The molecule has 9 heteroatoms. The molecule has 0 aliphatic carbocycles. The molecule has 5 aromatic rings. The van der Waals surface area contributed by atoms with Gasteiger partial charge in [0, 0.05) is 24.2 Å². The lowest BCUT2D eigenvalue weighted by Gasteiger charge is -2.24. The molecule has 1 aliphatic rings. The number of hydrogen-bond acceptors (Lipinski definition) is 8. The summed E-state index contributed by atoms with van der Waals surface area (Å²) >= 11 is 0. The number of alkyl halides is 1. The number of rotatable bonds is 11. The molecule has 0 saturated carbocycles. The molecule has 8 nitrogen and oxygen atoms in total. The molecule has 1 aliphatic heterocycles. The summed E-state index contributed by atoms with van der Waals surface area (Å²) in [5, 5.41) is 16.7. The third kappa shape index (κ3) is 6.63. The fourth-order valence-corrected chi connectivity index (χ4v) is 5.17. The molecule has 43 heavy (non-hydrogen) atoms. The summed E-state index contributed by atoms with van der Waals surface area (Å²) in [6.07, 6.45) is -3.05. The average molecular weight is 580 g/mol. The molecule has 2 heterocycles. The van der Waals surface area contributed by atoms with Gasteiger partial charge in [0.25, 0.3) is 6.01 Å². The second-order valence-electron chi connectivity index (χ2n) is 10.5. The van der Waals surface area contributed by atoms with E-state index >= 15 is 0 Å². The van der Waals surface area contributed by atoms with Crippen molar-refractivity contribution in [2.45, 2.75) is 37.3 Å². The highest BCUT2D eigenvalue weighted by molar-refractivity contribution is 6.00. The van der Waals surface area contributed by atoms with Crippen LogP contribution in [-0.2, 0) is 11.2 Å². The fraction of sp³-hybridized carbons (Fsp3) is 0.206. The molecule has 3 N–H and O–H groups in total. The van der Waals surface area contributed by atoms with Crippen LogP contribution in [0.1, 0.15) is 34.0 Å². The Morgan fingerprint density at radius 1 is 0.977 bits per heavy atom. The predicted octanol–water partition coefficient (Wildman–Crippen LogP) is 5.75. The SMILES string of the molecule is O=C(c1ccc(OC(C(=O)Cc2ccc(Nc3nc4ccccc4o3)cc2)[C@@H]2C[C@H](F)CN2)cc1)C(O)c1ccccc1. The van der Waals surface area contributed by atoms with Crippen LogP contribution in [0.15, 0.2) is 108 Å². The molecule has 218 valence electrons. The molecule has 4 atom stereocenters. The second kappa shape index (κ2) is 12.6. The number of carbonyl (C=O) groups excluding carboxylic acids is 2. The number of oxazole rings is 1. The van der Waals surface area contributed by atoms with Crippen molar-refractivity contribution in [3.05, 3.63) is 120 Å². The molecule has 0 amide bonds. The van der Waals surface area contributed by atoms with E-state index in [0.717, 1.165) is 16.8 Å². The zero-order valence-electron chi connectivity index (χ0n) is 23.2. The maximum Gasteiger partial charge on any atom is 0.300 e. The zero-order valence-corrected chi connectivity index (χ0v) is 23.2. The van der Waals surface area contributed by atoms with Crippen molar-refractivity contribution in [3.8, 4) is 5.75 Å². The molecule has 2 unspecified atom stereocenters. The van der Waals surface area contributed by atoms with E-state index in [-0.39, 0.29) is 25.2 Å². The van der Waals surface area contributed by atoms with E-state index < -0.39 is 30.2 Å². The monoisotopic (exact) mass is 579 g/mol. The standard InChI is InChI=1S/C34H30FN3O5/c35-24-19-28(36-20-24)33(42-26-16-12-23(13-17-26)32(41)31(40)22-6-2-1-3-7-22)29(39)18-21-10-14-25(15-11-21)37-34-38-27-8-4-5-9-30(27)43-34/h1-17,24,28,31,33,36,40H,18-20H2,(H,37,38)/t24-,28-,31?,33?/m0/s1. The Hall–Kier alpha value is -4.86. The number of ether oxygens (including phenoxy) is 1. The first-order chi connectivity index (χ1) is 20.9. The van der Waals surface area contributed by atoms with Crippen LogP contribution in [0.4, 0.5) is 16.1 Å². The lowest BCUT2D eigenvalue weighted by molar-refractivity contribution is -0.126. The Labute approximate surface area is 247 Å². The molecule has 1 aromatic heterocycles. The van der Waals surface area contributed by atoms with Crippen LogP contribution in [-0.4, -0.2) is 46.5 Å². The van der Waals surface area contributed by atoms with Gasteiger partial charge in [-0.15, -0.1) is 0 Å². The molecule has 0 spiro atoms. The fourth-order valence-electron chi connectivity index (χ4n) is 5.17. The number of aliphatic hydroxyl groups is 1. The number of aliphatic hydroxyl groups excluding tert-OH is 1. The van der Waals surface area contributed by atoms with Gasteiger partial charge >= 0.3 is 0 Å². The molecule has 0 bridgehead atoms. The van der Waals surface area contributed by atoms with Gasteiger partial charge in [-0.05, 0) is 66.1 Å². The van der Waals surface area contributed by atoms with Gasteiger partial charge in [0.05, 0.1) is 6.04 Å². The average Bonchev–Trinajstić information content (AvgIpc) is 3.66. The number of carbonyl (C=O) groups is 2. The molecule has 6 rings (SSSR count). The van der Waals surface area contributed by atoms with Crippen molar-refractivity contribution in [2.75, 3.05) is 11.9 Å². The Morgan fingerprint density at radius 3 is 2.40 bits per heavy atom. The van der Waals surface area contributed by atoms with Crippen LogP contribution in [0.3, 0.4) is 0 Å². The van der Waals surface area contributed by atoms with E-state index in [9.17, 15) is 19.1 Å². The van der Waals surface area contributed by atoms with Crippen molar-refractivity contribution >= 4 is 34.4 Å². The Balaban J connectivity index is 1.12. The zero-order chi connectivity index (χ0) is 29.8. The summed E-state index contributed by atoms with van der Waals surface area (Å²) in [5.41, 5.74) is 3.76. The third-order valence-corrected chi connectivity index (χ3v) is 7.44. The first kappa shape index (κ1) is 28.3. The number of fused-ring (bicyclic) bond motifs is 1. The first-order valence-corrected chi connectivity index (χ1v) is 14.1. The summed E-state index contributed by atoms with van der Waals surface area (Å²) < 4.78 is 25.9. The predicted molar refractivity (Wildman–Crippen MR) is 160 cm³/mol. The number of benzene rings is 4. The summed E-state index contributed by atoms with van der Waals surface area (Å²) in [5.74, 6) is -0.283. The van der Waals surface area contributed by atoms with Gasteiger partial charge in [-0.2, -0.15) is 4.98 Å². The molecule has 4 aromatic carbocycles. The molecular weight excluding hydrogens is 549 g/mol. The van der Waals surface area contributed by atoms with Crippen LogP contribution in [0.25, 0.3) is 11.1 Å². The van der Waals surface area contributed by atoms with Gasteiger partial charge in [-0.25, -0.2) is 4.39 Å². The number of hydrogen-bond donors (Lipinski definition) is 3. The largest absolute Gasteiger partial charge is 0.481 e.